The lowest BCUT2D eigenvalue weighted by atomic mass is 9.95. The molecule has 1 aromatic rings. The zero-order chi connectivity index (χ0) is 19.2. The van der Waals surface area contributed by atoms with Crippen molar-refractivity contribution in [3.05, 3.63) is 54.1 Å². The molecule has 3 rings (SSSR count). The van der Waals surface area contributed by atoms with Crippen molar-refractivity contribution in [2.45, 2.75) is 19.4 Å². The van der Waals surface area contributed by atoms with Crippen molar-refractivity contribution in [1.29, 1.82) is 0 Å². The molecule has 0 aromatic heterocycles. The smallest absolute Gasteiger partial charge is 0.350 e. The number of hydrogen-bond acceptors (Lipinski definition) is 4. The Morgan fingerprint density at radius 1 is 1.22 bits per heavy atom. The van der Waals surface area contributed by atoms with Gasteiger partial charge in [0.1, 0.15) is 5.75 Å². The van der Waals surface area contributed by atoms with Gasteiger partial charge in [0.15, 0.2) is 0 Å². The lowest BCUT2D eigenvalue weighted by Gasteiger charge is -2.28. The Morgan fingerprint density at radius 2 is 2.00 bits per heavy atom. The number of hydrogen-bond donors (Lipinski definition) is 1. The van der Waals surface area contributed by atoms with E-state index >= 15 is 0 Å². The van der Waals surface area contributed by atoms with E-state index < -0.39 is 11.9 Å². The van der Waals surface area contributed by atoms with E-state index in [-0.39, 0.29) is 24.8 Å². The number of methoxy groups -OCH3 is 1. The highest BCUT2D eigenvalue weighted by Gasteiger charge is 2.35. The molecule has 1 aromatic carbocycles. The molecule has 1 atom stereocenters. The lowest BCUT2D eigenvalue weighted by Crippen LogP contribution is -2.46. The average Bonchev–Trinajstić information content (AvgIpc) is 2.69. The number of carbonyl (C=O) groups excluding carboxylic acids is 3. The second-order valence-electron chi connectivity index (χ2n) is 6.26. The fourth-order valence-corrected chi connectivity index (χ4v) is 2.92. The summed E-state index contributed by atoms with van der Waals surface area (Å²) in [7, 11) is 1.60. The molecule has 2 aliphatic rings. The number of nitrogens with zero attached hydrogens (tertiary/aromatic N) is 2. The molecular weight excluding hydrogens is 346 g/mol. The molecule has 0 saturated carbocycles. The van der Waals surface area contributed by atoms with Crippen LogP contribution in [0.4, 0.5) is 4.79 Å². The van der Waals surface area contributed by atoms with E-state index in [0.717, 1.165) is 16.2 Å². The number of carbonyl (C=O) groups is 3. The lowest BCUT2D eigenvalue weighted by molar-refractivity contribution is -0.130. The molecule has 27 heavy (non-hydrogen) atoms. The fraction of sp³-hybridized carbons (Fsp3) is 0.300. The topological polar surface area (TPSA) is 88.1 Å². The second kappa shape index (κ2) is 8.44. The summed E-state index contributed by atoms with van der Waals surface area (Å²) in [5.41, 5.74) is 1.44. The summed E-state index contributed by atoms with van der Waals surface area (Å²) in [6.07, 6.45) is 7.53. The van der Waals surface area contributed by atoms with Crippen LogP contribution in [0, 0.1) is 5.92 Å². The Morgan fingerprint density at radius 3 is 2.74 bits per heavy atom. The predicted molar refractivity (Wildman–Crippen MR) is 100 cm³/mol. The fourth-order valence-electron chi connectivity index (χ4n) is 2.92. The van der Waals surface area contributed by atoms with Crippen LogP contribution in [0.5, 0.6) is 5.75 Å². The first-order chi connectivity index (χ1) is 13.1. The van der Waals surface area contributed by atoms with Gasteiger partial charge in [0.2, 0.25) is 11.8 Å². The van der Waals surface area contributed by atoms with Gasteiger partial charge in [0, 0.05) is 19.5 Å². The molecule has 0 bridgehead atoms. The summed E-state index contributed by atoms with van der Waals surface area (Å²) in [5, 5.41) is 2.83. The quantitative estimate of drug-likeness (QED) is 0.800. The van der Waals surface area contributed by atoms with Crippen LogP contribution in [0.3, 0.4) is 0 Å². The van der Waals surface area contributed by atoms with Crippen molar-refractivity contribution in [2.75, 3.05) is 13.7 Å². The van der Waals surface area contributed by atoms with Crippen LogP contribution in [-0.4, -0.2) is 42.1 Å². The molecule has 1 aliphatic carbocycles. The molecule has 140 valence electrons. The van der Waals surface area contributed by atoms with Crippen LogP contribution in [0.15, 0.2) is 53.6 Å². The van der Waals surface area contributed by atoms with E-state index in [1.165, 1.54) is 0 Å². The number of benzene rings is 1. The Hall–Kier alpha value is -3.22. The maximum absolute atomic E-state index is 12.4. The zero-order valence-corrected chi connectivity index (χ0v) is 15.1. The first-order valence-electron chi connectivity index (χ1n) is 8.77. The minimum absolute atomic E-state index is 0.132. The summed E-state index contributed by atoms with van der Waals surface area (Å²) in [4.78, 5) is 41.6. The van der Waals surface area contributed by atoms with E-state index in [1.807, 2.05) is 24.3 Å². The number of allylic oxidation sites excluding steroid dienone is 3. The standard InChI is InChI=1S/C20H21N3O4/c1-27-15-10-8-14(9-11-15)13-21-18(24)7-4-12-23-19(25)16-5-2-3-6-17(16)22-20(23)26/h2-3,5-6,8-11,16H,4,7,12-13H2,1H3,(H,21,24). The molecule has 0 spiro atoms. The van der Waals surface area contributed by atoms with Crippen LogP contribution in [0.2, 0.25) is 0 Å². The molecule has 1 aliphatic heterocycles. The Kier molecular flexibility index (Phi) is 5.80. The van der Waals surface area contributed by atoms with E-state index in [4.69, 9.17) is 4.74 Å². The van der Waals surface area contributed by atoms with Crippen molar-refractivity contribution in [1.82, 2.24) is 10.2 Å². The Labute approximate surface area is 157 Å². The van der Waals surface area contributed by atoms with E-state index in [0.29, 0.717) is 18.7 Å². The van der Waals surface area contributed by atoms with Gasteiger partial charge in [-0.2, -0.15) is 4.99 Å². The van der Waals surface area contributed by atoms with Gasteiger partial charge in [-0.05, 0) is 30.2 Å². The highest BCUT2D eigenvalue weighted by molar-refractivity contribution is 6.21. The maximum atomic E-state index is 12.4. The number of rotatable bonds is 7. The van der Waals surface area contributed by atoms with Crippen LogP contribution in [0.25, 0.3) is 0 Å². The summed E-state index contributed by atoms with van der Waals surface area (Å²) in [6.45, 7) is 0.593. The van der Waals surface area contributed by atoms with Crippen molar-refractivity contribution in [2.24, 2.45) is 10.9 Å². The number of ether oxygens (including phenoxy) is 1. The zero-order valence-electron chi connectivity index (χ0n) is 15.1. The van der Waals surface area contributed by atoms with Crippen molar-refractivity contribution in [3.63, 3.8) is 0 Å². The minimum atomic E-state index is -0.565. The van der Waals surface area contributed by atoms with Crippen molar-refractivity contribution in [3.8, 4) is 5.75 Å². The third-order valence-electron chi connectivity index (χ3n) is 4.42. The molecule has 0 radical (unpaired) electrons. The second-order valence-corrected chi connectivity index (χ2v) is 6.26. The van der Waals surface area contributed by atoms with E-state index in [1.54, 1.807) is 31.4 Å². The number of amides is 4. The van der Waals surface area contributed by atoms with E-state index in [9.17, 15) is 14.4 Å². The molecule has 1 heterocycles. The molecule has 7 heteroatoms. The normalized spacial score (nSPS) is 18.2. The van der Waals surface area contributed by atoms with Gasteiger partial charge in [0.25, 0.3) is 0 Å². The number of fused-ring (bicyclic) bond motifs is 1. The summed E-state index contributed by atoms with van der Waals surface area (Å²) in [6, 6.07) is 6.86. The van der Waals surface area contributed by atoms with Gasteiger partial charge in [0.05, 0.1) is 18.7 Å². The molecule has 0 fully saturated rings. The van der Waals surface area contributed by atoms with Crippen molar-refractivity contribution >= 4 is 23.6 Å². The van der Waals surface area contributed by atoms with Crippen LogP contribution < -0.4 is 10.1 Å². The highest BCUT2D eigenvalue weighted by Crippen LogP contribution is 2.20. The van der Waals surface area contributed by atoms with Gasteiger partial charge in [-0.1, -0.05) is 30.4 Å². The number of imide groups is 1. The molecule has 0 saturated heterocycles. The van der Waals surface area contributed by atoms with E-state index in [2.05, 4.69) is 10.3 Å². The van der Waals surface area contributed by atoms with Gasteiger partial charge in [-0.15, -0.1) is 0 Å². The van der Waals surface area contributed by atoms with Gasteiger partial charge in [-0.25, -0.2) is 4.79 Å². The van der Waals surface area contributed by atoms with Gasteiger partial charge >= 0.3 is 6.03 Å². The van der Waals surface area contributed by atoms with Crippen molar-refractivity contribution < 1.29 is 19.1 Å². The van der Waals surface area contributed by atoms with Crippen LogP contribution >= 0.6 is 0 Å². The van der Waals surface area contributed by atoms with Gasteiger partial charge < -0.3 is 10.1 Å². The first kappa shape index (κ1) is 18.6. The number of nitrogens with one attached hydrogen (secondary N) is 1. The maximum Gasteiger partial charge on any atom is 0.350 e. The largest absolute Gasteiger partial charge is 0.497 e. The average molecular weight is 367 g/mol. The molecule has 4 amide bonds. The van der Waals surface area contributed by atoms with Crippen LogP contribution in [0.1, 0.15) is 18.4 Å². The molecule has 1 N–H and O–H groups in total. The monoisotopic (exact) mass is 367 g/mol. The number of urea groups is 1. The SMILES string of the molecule is COc1ccc(CNC(=O)CCCN2C(=O)N=C3C=CC=CC3C2=O)cc1. The summed E-state index contributed by atoms with van der Waals surface area (Å²) in [5.74, 6) is -0.164. The molecule has 7 nitrogen and oxygen atoms in total. The van der Waals surface area contributed by atoms with Crippen LogP contribution in [-0.2, 0) is 16.1 Å². The summed E-state index contributed by atoms with van der Waals surface area (Å²) < 4.78 is 5.09. The predicted octanol–water partition coefficient (Wildman–Crippen LogP) is 2.24. The van der Waals surface area contributed by atoms with Gasteiger partial charge in [-0.3, -0.25) is 14.5 Å². The third-order valence-corrected chi connectivity index (χ3v) is 4.42. The molecular formula is C20H21N3O4. The molecule has 1 unspecified atom stereocenters. The Balaban J connectivity index is 1.45. The minimum Gasteiger partial charge on any atom is -0.497 e. The Bertz CT molecular complexity index is 824. The third kappa shape index (κ3) is 4.49. The summed E-state index contributed by atoms with van der Waals surface area (Å²) >= 11 is 0. The highest BCUT2D eigenvalue weighted by atomic mass is 16.5. The number of aliphatic imine (C=N–C) groups is 1. The first-order valence-corrected chi connectivity index (χ1v) is 8.77.